The first kappa shape index (κ1) is 23.5. The molecule has 0 aliphatic carbocycles. The molecule has 2 aromatic carbocycles. The molecule has 1 unspecified atom stereocenters. The molecule has 32 heavy (non-hydrogen) atoms. The molecule has 1 atom stereocenters. The first-order valence-electron chi connectivity index (χ1n) is 11.5. The number of unbranched alkanes of at least 4 members (excludes halogenated alkanes) is 3. The molecular formula is C27H32N2O3. The summed E-state index contributed by atoms with van der Waals surface area (Å²) in [5.74, 6) is 0.868. The lowest BCUT2D eigenvalue weighted by Crippen LogP contribution is -2.25. The summed E-state index contributed by atoms with van der Waals surface area (Å²) in [6, 6.07) is 16.1. The van der Waals surface area contributed by atoms with E-state index in [9.17, 15) is 4.79 Å². The normalized spacial score (nSPS) is 11.7. The monoisotopic (exact) mass is 432 g/mol. The quantitative estimate of drug-likeness (QED) is 0.264. The fourth-order valence-electron chi connectivity index (χ4n) is 3.44. The molecule has 0 N–H and O–H groups in total. The molecule has 0 spiro atoms. The fourth-order valence-corrected chi connectivity index (χ4v) is 3.44. The molecule has 0 aliphatic heterocycles. The van der Waals surface area contributed by atoms with Crippen LogP contribution in [0.2, 0.25) is 0 Å². The second-order valence-corrected chi connectivity index (χ2v) is 7.84. The second-order valence-electron chi connectivity index (χ2n) is 7.84. The minimum Gasteiger partial charge on any atom is -0.479 e. The van der Waals surface area contributed by atoms with E-state index in [1.807, 2.05) is 36.7 Å². The van der Waals surface area contributed by atoms with Crippen LogP contribution in [0.3, 0.4) is 0 Å². The zero-order valence-corrected chi connectivity index (χ0v) is 19.2. The van der Waals surface area contributed by atoms with Crippen LogP contribution in [-0.4, -0.2) is 28.6 Å². The van der Waals surface area contributed by atoms with Crippen LogP contribution in [0.15, 0.2) is 60.9 Å². The van der Waals surface area contributed by atoms with E-state index in [4.69, 9.17) is 9.47 Å². The molecule has 5 nitrogen and oxygen atoms in total. The third kappa shape index (κ3) is 6.64. The van der Waals surface area contributed by atoms with Crippen LogP contribution in [0.5, 0.6) is 5.75 Å². The van der Waals surface area contributed by atoms with Crippen LogP contribution in [0.4, 0.5) is 0 Å². The molecule has 0 bridgehead atoms. The number of aromatic nitrogens is 2. The topological polar surface area (TPSA) is 61.3 Å². The smallest absolute Gasteiger partial charge is 0.347 e. The highest BCUT2D eigenvalue weighted by atomic mass is 16.6. The van der Waals surface area contributed by atoms with Gasteiger partial charge in [0.25, 0.3) is 0 Å². The Kier molecular flexibility index (Phi) is 8.79. The van der Waals surface area contributed by atoms with E-state index in [0.717, 1.165) is 23.1 Å². The second kappa shape index (κ2) is 12.0. The number of hydrogen-bond acceptors (Lipinski definition) is 5. The standard InChI is InChI=1S/C27H32N2O3/c1-4-6-7-8-9-21-10-12-22(13-11-21)24-18-28-26(29-19-24)23-14-16-25(17-15-23)32-20(3)27(30)31-5-2/h10-20H,4-9H2,1-3H3. The van der Waals surface area contributed by atoms with E-state index < -0.39 is 6.10 Å². The number of ether oxygens (including phenoxy) is 2. The van der Waals surface area contributed by atoms with Gasteiger partial charge in [0.1, 0.15) is 5.75 Å². The van der Waals surface area contributed by atoms with Crippen molar-refractivity contribution in [1.29, 1.82) is 0 Å². The molecule has 0 saturated heterocycles. The van der Waals surface area contributed by atoms with Gasteiger partial charge in [-0.3, -0.25) is 0 Å². The SMILES string of the molecule is CCCCCCc1ccc(-c2cnc(-c3ccc(OC(C)C(=O)OCC)cc3)nc2)cc1. The largest absolute Gasteiger partial charge is 0.479 e. The predicted molar refractivity (Wildman–Crippen MR) is 127 cm³/mol. The summed E-state index contributed by atoms with van der Waals surface area (Å²) in [6.07, 6.45) is 9.30. The van der Waals surface area contributed by atoms with Gasteiger partial charge < -0.3 is 9.47 Å². The molecule has 5 heteroatoms. The maximum atomic E-state index is 11.7. The zero-order valence-electron chi connectivity index (χ0n) is 19.2. The summed E-state index contributed by atoms with van der Waals surface area (Å²) in [4.78, 5) is 20.8. The van der Waals surface area contributed by atoms with Crippen molar-refractivity contribution in [3.8, 4) is 28.3 Å². The van der Waals surface area contributed by atoms with Gasteiger partial charge in [0.2, 0.25) is 0 Å². The Hall–Kier alpha value is -3.21. The molecule has 3 rings (SSSR count). The van der Waals surface area contributed by atoms with Crippen LogP contribution < -0.4 is 4.74 Å². The lowest BCUT2D eigenvalue weighted by Gasteiger charge is -2.13. The first-order chi connectivity index (χ1) is 15.6. The Labute approximate surface area is 190 Å². The molecule has 0 aliphatic rings. The van der Waals surface area contributed by atoms with Crippen LogP contribution in [-0.2, 0) is 16.0 Å². The Balaban J connectivity index is 1.60. The molecule has 0 radical (unpaired) electrons. The van der Waals surface area contributed by atoms with E-state index in [-0.39, 0.29) is 5.97 Å². The van der Waals surface area contributed by atoms with Gasteiger partial charge in [-0.05, 0) is 62.1 Å². The summed E-state index contributed by atoms with van der Waals surface area (Å²) >= 11 is 0. The van der Waals surface area contributed by atoms with E-state index >= 15 is 0 Å². The molecule has 0 amide bonds. The Bertz CT molecular complexity index is 967. The van der Waals surface area contributed by atoms with Gasteiger partial charge in [-0.2, -0.15) is 0 Å². The highest BCUT2D eigenvalue weighted by Crippen LogP contribution is 2.23. The number of aryl methyl sites for hydroxylation is 1. The predicted octanol–water partition coefficient (Wildman–Crippen LogP) is 6.26. The van der Waals surface area contributed by atoms with Crippen molar-refractivity contribution in [2.24, 2.45) is 0 Å². The molecule has 168 valence electrons. The van der Waals surface area contributed by atoms with E-state index in [1.54, 1.807) is 13.8 Å². The van der Waals surface area contributed by atoms with Gasteiger partial charge in [0.05, 0.1) is 6.61 Å². The van der Waals surface area contributed by atoms with Gasteiger partial charge in [0, 0.05) is 23.5 Å². The van der Waals surface area contributed by atoms with Crippen molar-refractivity contribution < 1.29 is 14.3 Å². The number of benzene rings is 2. The Morgan fingerprint density at radius 2 is 1.50 bits per heavy atom. The van der Waals surface area contributed by atoms with E-state index in [2.05, 4.69) is 41.2 Å². The molecule has 3 aromatic rings. The highest BCUT2D eigenvalue weighted by Gasteiger charge is 2.15. The van der Waals surface area contributed by atoms with E-state index in [0.29, 0.717) is 18.2 Å². The molecule has 0 saturated carbocycles. The maximum absolute atomic E-state index is 11.7. The van der Waals surface area contributed by atoms with Crippen molar-refractivity contribution in [1.82, 2.24) is 9.97 Å². The molecule has 0 fully saturated rings. The summed E-state index contributed by atoms with van der Waals surface area (Å²) in [7, 11) is 0. The zero-order chi connectivity index (χ0) is 22.8. The average molecular weight is 433 g/mol. The van der Waals surface area contributed by atoms with Gasteiger partial charge >= 0.3 is 5.97 Å². The van der Waals surface area contributed by atoms with Crippen molar-refractivity contribution in [3.63, 3.8) is 0 Å². The summed E-state index contributed by atoms with van der Waals surface area (Å²) in [6.45, 7) is 6.02. The minimum absolute atomic E-state index is 0.335. The molecule has 1 heterocycles. The first-order valence-corrected chi connectivity index (χ1v) is 11.5. The number of carbonyl (C=O) groups excluding carboxylic acids is 1. The Morgan fingerprint density at radius 3 is 2.12 bits per heavy atom. The summed E-state index contributed by atoms with van der Waals surface area (Å²) < 4.78 is 10.6. The number of nitrogens with zero attached hydrogens (tertiary/aromatic N) is 2. The Morgan fingerprint density at radius 1 is 0.844 bits per heavy atom. The average Bonchev–Trinajstić information content (AvgIpc) is 2.83. The minimum atomic E-state index is -0.654. The van der Waals surface area contributed by atoms with Crippen LogP contribution in [0, 0.1) is 0 Å². The third-order valence-electron chi connectivity index (χ3n) is 5.30. The number of rotatable bonds is 11. The van der Waals surface area contributed by atoms with Gasteiger partial charge in [-0.25, -0.2) is 14.8 Å². The van der Waals surface area contributed by atoms with Crippen molar-refractivity contribution in [3.05, 3.63) is 66.5 Å². The van der Waals surface area contributed by atoms with Crippen LogP contribution in [0.25, 0.3) is 22.5 Å². The van der Waals surface area contributed by atoms with Crippen molar-refractivity contribution >= 4 is 5.97 Å². The molecule has 1 aromatic heterocycles. The lowest BCUT2D eigenvalue weighted by atomic mass is 10.0. The van der Waals surface area contributed by atoms with Gasteiger partial charge in [0.15, 0.2) is 11.9 Å². The number of hydrogen-bond donors (Lipinski definition) is 0. The van der Waals surface area contributed by atoms with Gasteiger partial charge in [-0.1, -0.05) is 50.5 Å². The van der Waals surface area contributed by atoms with Crippen molar-refractivity contribution in [2.45, 2.75) is 59.0 Å². The molecular weight excluding hydrogens is 400 g/mol. The summed E-state index contributed by atoms with van der Waals surface area (Å²) in [5, 5.41) is 0. The van der Waals surface area contributed by atoms with E-state index in [1.165, 1.54) is 31.2 Å². The number of esters is 1. The van der Waals surface area contributed by atoms with Crippen LogP contribution in [0.1, 0.15) is 52.0 Å². The lowest BCUT2D eigenvalue weighted by molar-refractivity contribution is -0.150. The summed E-state index contributed by atoms with van der Waals surface area (Å²) in [5.41, 5.74) is 4.37. The highest BCUT2D eigenvalue weighted by molar-refractivity contribution is 5.74. The fraction of sp³-hybridized carbons (Fsp3) is 0.370. The number of carbonyl (C=O) groups is 1. The van der Waals surface area contributed by atoms with Crippen LogP contribution >= 0.6 is 0 Å². The third-order valence-corrected chi connectivity index (χ3v) is 5.30. The van der Waals surface area contributed by atoms with Crippen molar-refractivity contribution in [2.75, 3.05) is 6.61 Å². The van der Waals surface area contributed by atoms with Gasteiger partial charge in [-0.15, -0.1) is 0 Å². The maximum Gasteiger partial charge on any atom is 0.347 e.